The van der Waals surface area contributed by atoms with Gasteiger partial charge < -0.3 is 23.8 Å². The van der Waals surface area contributed by atoms with Crippen molar-refractivity contribution in [1.82, 2.24) is 24.3 Å². The van der Waals surface area contributed by atoms with Crippen LogP contribution in [0.2, 0.25) is 0 Å². The van der Waals surface area contributed by atoms with E-state index in [9.17, 15) is 9.59 Å². The summed E-state index contributed by atoms with van der Waals surface area (Å²) >= 11 is 0. The largest absolute Gasteiger partial charge is 0.445 e. The van der Waals surface area contributed by atoms with Crippen molar-refractivity contribution >= 4 is 28.4 Å². The van der Waals surface area contributed by atoms with Gasteiger partial charge in [-0.15, -0.1) is 0 Å². The molecule has 1 unspecified atom stereocenters. The standard InChI is InChI=1S/C37H39N5O4/c43-25-35-36(39-17-19-45-20-18-39)34(33-12-6-10-30-9-4-5-11-32(30)33)24-41(35)23-31-21-38-27-42(31)22-28-13-15-40(16-14-28)37(44)46-26-29-7-2-1-3-8-29/h1-12,21,24,27-28,36H,13-20,22-23,26H2. The highest BCUT2D eigenvalue weighted by Gasteiger charge is 2.38. The number of benzene rings is 3. The van der Waals surface area contributed by atoms with Crippen LogP contribution in [0, 0.1) is 5.92 Å². The quantitative estimate of drug-likeness (QED) is 0.247. The van der Waals surface area contributed by atoms with Gasteiger partial charge in [-0.05, 0) is 40.7 Å². The molecule has 9 nitrogen and oxygen atoms in total. The fourth-order valence-electron chi connectivity index (χ4n) is 6.96. The highest BCUT2D eigenvalue weighted by molar-refractivity contribution is 5.96. The molecule has 7 rings (SSSR count). The smallest absolute Gasteiger partial charge is 0.410 e. The van der Waals surface area contributed by atoms with Crippen LogP contribution in [-0.4, -0.2) is 81.7 Å². The first-order valence-corrected chi connectivity index (χ1v) is 16.2. The molecule has 3 aliphatic heterocycles. The zero-order valence-electron chi connectivity index (χ0n) is 26.0. The maximum absolute atomic E-state index is 12.7. The Hall–Kier alpha value is -4.69. The number of ether oxygens (including phenoxy) is 2. The summed E-state index contributed by atoms with van der Waals surface area (Å²) in [5.41, 5.74) is 4.88. The number of carbonyl (C=O) groups is 1. The van der Waals surface area contributed by atoms with Crippen LogP contribution in [0.5, 0.6) is 0 Å². The van der Waals surface area contributed by atoms with Crippen molar-refractivity contribution in [2.24, 2.45) is 5.92 Å². The number of likely N-dealkylation sites (tertiary alicyclic amines) is 1. The van der Waals surface area contributed by atoms with Crippen molar-refractivity contribution in [2.45, 2.75) is 38.6 Å². The summed E-state index contributed by atoms with van der Waals surface area (Å²) in [7, 11) is 0. The van der Waals surface area contributed by atoms with Crippen LogP contribution in [0.4, 0.5) is 4.79 Å². The third-order valence-electron chi connectivity index (χ3n) is 9.44. The Bertz CT molecular complexity index is 1740. The number of amides is 1. The van der Waals surface area contributed by atoms with Gasteiger partial charge in [-0.2, -0.15) is 0 Å². The normalized spacial score (nSPS) is 19.3. The summed E-state index contributed by atoms with van der Waals surface area (Å²) in [5.74, 6) is 2.75. The van der Waals surface area contributed by atoms with Gasteiger partial charge in [-0.1, -0.05) is 72.8 Å². The summed E-state index contributed by atoms with van der Waals surface area (Å²) in [6.45, 7) is 5.74. The second kappa shape index (κ2) is 13.7. The van der Waals surface area contributed by atoms with E-state index in [0.717, 1.165) is 54.9 Å². The fraction of sp³-hybridized carbons (Fsp3) is 0.351. The third kappa shape index (κ3) is 6.35. The Morgan fingerprint density at radius 1 is 0.935 bits per heavy atom. The predicted molar refractivity (Wildman–Crippen MR) is 176 cm³/mol. The van der Waals surface area contributed by atoms with Gasteiger partial charge in [0.25, 0.3) is 0 Å². The number of carbonyl (C=O) groups excluding carboxylic acids is 2. The molecule has 4 heterocycles. The molecule has 0 bridgehead atoms. The van der Waals surface area contributed by atoms with Crippen LogP contribution in [0.3, 0.4) is 0 Å². The molecule has 0 saturated carbocycles. The molecule has 0 radical (unpaired) electrons. The van der Waals surface area contributed by atoms with Crippen molar-refractivity contribution in [3.05, 3.63) is 114 Å². The van der Waals surface area contributed by atoms with Crippen LogP contribution >= 0.6 is 0 Å². The molecule has 2 fully saturated rings. The Kier molecular flexibility index (Phi) is 8.96. The molecule has 1 aromatic heterocycles. The number of imidazole rings is 1. The van der Waals surface area contributed by atoms with Gasteiger partial charge in [0.05, 0.1) is 37.8 Å². The van der Waals surface area contributed by atoms with E-state index in [-0.39, 0.29) is 18.7 Å². The Morgan fingerprint density at radius 2 is 1.70 bits per heavy atom. The summed E-state index contributed by atoms with van der Waals surface area (Å²) in [5, 5.41) is 2.34. The molecule has 1 atom stereocenters. The topological polar surface area (TPSA) is 80.1 Å². The maximum atomic E-state index is 12.7. The molecule has 2 saturated heterocycles. The zero-order chi connectivity index (χ0) is 31.3. The Balaban J connectivity index is 1.05. The minimum atomic E-state index is -0.253. The summed E-state index contributed by atoms with van der Waals surface area (Å²) < 4.78 is 13.4. The van der Waals surface area contributed by atoms with E-state index < -0.39 is 0 Å². The SMILES string of the molecule is O=C=C1C(N2CCOCC2)C(c2cccc3ccccc23)=CN1Cc1cncn1CC1CCN(C(=O)OCc2ccccc2)CC1. The molecule has 1 amide bonds. The average Bonchev–Trinajstić information content (AvgIpc) is 3.71. The number of fused-ring (bicyclic) bond motifs is 1. The Labute approximate surface area is 269 Å². The van der Waals surface area contributed by atoms with Gasteiger partial charge in [0.1, 0.15) is 18.2 Å². The number of piperidine rings is 1. The molecular formula is C37H39N5O4. The van der Waals surface area contributed by atoms with Crippen LogP contribution < -0.4 is 0 Å². The van der Waals surface area contributed by atoms with E-state index in [1.807, 2.05) is 47.8 Å². The highest BCUT2D eigenvalue weighted by atomic mass is 16.6. The van der Waals surface area contributed by atoms with Gasteiger partial charge in [0, 0.05) is 50.7 Å². The lowest BCUT2D eigenvalue weighted by molar-refractivity contribution is 0.0314. The Morgan fingerprint density at radius 3 is 2.50 bits per heavy atom. The van der Waals surface area contributed by atoms with Crippen molar-refractivity contribution < 1.29 is 19.1 Å². The molecule has 3 aromatic carbocycles. The van der Waals surface area contributed by atoms with E-state index in [4.69, 9.17) is 9.47 Å². The second-order valence-corrected chi connectivity index (χ2v) is 12.3. The lowest BCUT2D eigenvalue weighted by atomic mass is 9.93. The molecule has 0 N–H and O–H groups in total. The van der Waals surface area contributed by atoms with Crippen molar-refractivity contribution in [1.29, 1.82) is 0 Å². The van der Waals surface area contributed by atoms with Gasteiger partial charge in [-0.25, -0.2) is 14.6 Å². The van der Waals surface area contributed by atoms with E-state index >= 15 is 0 Å². The second-order valence-electron chi connectivity index (χ2n) is 12.3. The van der Waals surface area contributed by atoms with Crippen LogP contribution in [0.1, 0.15) is 29.7 Å². The number of aromatic nitrogens is 2. The van der Waals surface area contributed by atoms with E-state index in [1.54, 1.807) is 0 Å². The lowest BCUT2D eigenvalue weighted by Crippen LogP contribution is -2.45. The number of rotatable bonds is 8. The van der Waals surface area contributed by atoms with Crippen LogP contribution in [0.25, 0.3) is 16.3 Å². The van der Waals surface area contributed by atoms with Crippen molar-refractivity contribution in [3.63, 3.8) is 0 Å². The first-order valence-electron chi connectivity index (χ1n) is 16.2. The van der Waals surface area contributed by atoms with Crippen LogP contribution in [-0.2, 0) is 34.0 Å². The lowest BCUT2D eigenvalue weighted by Gasteiger charge is -2.34. The molecule has 0 spiro atoms. The van der Waals surface area contributed by atoms with Crippen LogP contribution in [0.15, 0.2) is 97.2 Å². The van der Waals surface area contributed by atoms with E-state index in [2.05, 4.69) is 74.0 Å². The first-order chi connectivity index (χ1) is 22.7. The number of hydrogen-bond donors (Lipinski definition) is 0. The highest BCUT2D eigenvalue weighted by Crippen LogP contribution is 2.39. The maximum Gasteiger partial charge on any atom is 0.410 e. The fourth-order valence-corrected chi connectivity index (χ4v) is 6.96. The van der Waals surface area contributed by atoms with Gasteiger partial charge >= 0.3 is 6.09 Å². The molecule has 4 aromatic rings. The molecule has 46 heavy (non-hydrogen) atoms. The monoisotopic (exact) mass is 617 g/mol. The number of nitrogens with zero attached hydrogens (tertiary/aromatic N) is 5. The molecule has 9 heteroatoms. The zero-order valence-corrected chi connectivity index (χ0v) is 26.0. The number of morpholine rings is 1. The third-order valence-corrected chi connectivity index (χ3v) is 9.44. The van der Waals surface area contributed by atoms with Gasteiger partial charge in [0.15, 0.2) is 0 Å². The summed E-state index contributed by atoms with van der Waals surface area (Å²) in [4.78, 5) is 36.1. The summed E-state index contributed by atoms with van der Waals surface area (Å²) in [6.07, 6.45) is 7.45. The van der Waals surface area contributed by atoms with E-state index in [1.165, 1.54) is 10.8 Å². The van der Waals surface area contributed by atoms with Crippen molar-refractivity contribution in [2.75, 3.05) is 39.4 Å². The molecular weight excluding hydrogens is 578 g/mol. The van der Waals surface area contributed by atoms with E-state index in [0.29, 0.717) is 44.5 Å². The molecule has 3 aliphatic rings. The minimum absolute atomic E-state index is 0.199. The average molecular weight is 618 g/mol. The van der Waals surface area contributed by atoms with Gasteiger partial charge in [0.2, 0.25) is 0 Å². The van der Waals surface area contributed by atoms with Gasteiger partial charge in [-0.3, -0.25) is 4.90 Å². The number of hydrogen-bond acceptors (Lipinski definition) is 7. The predicted octanol–water partition coefficient (Wildman–Crippen LogP) is 5.36. The van der Waals surface area contributed by atoms with Crippen molar-refractivity contribution in [3.8, 4) is 0 Å². The first kappa shape index (κ1) is 30.0. The molecule has 236 valence electrons. The summed E-state index contributed by atoms with van der Waals surface area (Å²) in [6, 6.07) is 24.3. The molecule has 0 aliphatic carbocycles. The minimum Gasteiger partial charge on any atom is -0.445 e.